The summed E-state index contributed by atoms with van der Waals surface area (Å²) < 4.78 is 18.8. The van der Waals surface area contributed by atoms with Gasteiger partial charge in [-0.15, -0.1) is 0 Å². The number of hydrogen-bond acceptors (Lipinski definition) is 3. The zero-order valence-corrected chi connectivity index (χ0v) is 11.3. The van der Waals surface area contributed by atoms with Gasteiger partial charge in [-0.05, 0) is 57.6 Å². The first-order chi connectivity index (χ1) is 8.67. The highest BCUT2D eigenvalue weighted by atomic mass is 19.1. The van der Waals surface area contributed by atoms with Crippen molar-refractivity contribution < 1.29 is 9.13 Å². The average Bonchev–Trinajstić information content (AvgIpc) is 2.37. The van der Waals surface area contributed by atoms with Gasteiger partial charge in [-0.25, -0.2) is 4.39 Å². The third-order valence-electron chi connectivity index (χ3n) is 2.82. The maximum Gasteiger partial charge on any atom is 0.165 e. The molecule has 0 heterocycles. The second kappa shape index (κ2) is 8.06. The molecule has 3 nitrogen and oxygen atoms in total. The van der Waals surface area contributed by atoms with Gasteiger partial charge >= 0.3 is 0 Å². The van der Waals surface area contributed by atoms with Crippen LogP contribution in [0.4, 0.5) is 4.39 Å². The summed E-state index contributed by atoms with van der Waals surface area (Å²) in [5.74, 6) is 0.0525. The zero-order valence-electron chi connectivity index (χ0n) is 11.3. The molecule has 0 bridgehead atoms. The van der Waals surface area contributed by atoms with Crippen LogP contribution in [0, 0.1) is 5.82 Å². The molecule has 0 saturated heterocycles. The quantitative estimate of drug-likeness (QED) is 0.771. The van der Waals surface area contributed by atoms with E-state index in [1.807, 2.05) is 13.0 Å². The number of likely N-dealkylation sites (N-methyl/N-ethyl adjacent to an activating group) is 1. The van der Waals surface area contributed by atoms with Gasteiger partial charge < -0.3 is 15.4 Å². The van der Waals surface area contributed by atoms with Crippen molar-refractivity contribution in [1.82, 2.24) is 4.90 Å². The fourth-order valence-electron chi connectivity index (χ4n) is 1.77. The van der Waals surface area contributed by atoms with Crippen molar-refractivity contribution >= 4 is 0 Å². The predicted molar refractivity (Wildman–Crippen MR) is 72.4 cm³/mol. The summed E-state index contributed by atoms with van der Waals surface area (Å²) in [5, 5.41) is 0. The lowest BCUT2D eigenvalue weighted by atomic mass is 10.1. The Morgan fingerprint density at radius 3 is 2.72 bits per heavy atom. The van der Waals surface area contributed by atoms with Crippen LogP contribution in [-0.4, -0.2) is 38.2 Å². The Balaban J connectivity index is 2.45. The van der Waals surface area contributed by atoms with Crippen molar-refractivity contribution in [2.45, 2.75) is 19.8 Å². The van der Waals surface area contributed by atoms with Crippen LogP contribution < -0.4 is 10.5 Å². The summed E-state index contributed by atoms with van der Waals surface area (Å²) in [4.78, 5) is 2.21. The molecule has 102 valence electrons. The molecule has 0 unspecified atom stereocenters. The number of ether oxygens (including phenoxy) is 1. The minimum atomic E-state index is -0.279. The van der Waals surface area contributed by atoms with Crippen LogP contribution in [0.3, 0.4) is 0 Å². The fourth-order valence-corrected chi connectivity index (χ4v) is 1.77. The highest BCUT2D eigenvalue weighted by molar-refractivity contribution is 5.29. The minimum absolute atomic E-state index is 0.279. The van der Waals surface area contributed by atoms with Gasteiger partial charge in [0.15, 0.2) is 11.6 Å². The van der Waals surface area contributed by atoms with Crippen molar-refractivity contribution in [3.63, 3.8) is 0 Å². The lowest BCUT2D eigenvalue weighted by Gasteiger charge is -2.16. The smallest absolute Gasteiger partial charge is 0.165 e. The van der Waals surface area contributed by atoms with E-state index in [2.05, 4.69) is 11.9 Å². The summed E-state index contributed by atoms with van der Waals surface area (Å²) >= 11 is 0. The van der Waals surface area contributed by atoms with E-state index in [0.29, 0.717) is 18.9 Å². The molecular formula is C14H23FN2O. The van der Waals surface area contributed by atoms with E-state index in [4.69, 9.17) is 10.5 Å². The molecule has 0 atom stereocenters. The first-order valence-electron chi connectivity index (χ1n) is 6.47. The molecular weight excluding hydrogens is 231 g/mol. The van der Waals surface area contributed by atoms with Gasteiger partial charge in [0.1, 0.15) is 0 Å². The third kappa shape index (κ3) is 5.02. The fraction of sp³-hybridized carbons (Fsp3) is 0.571. The maximum absolute atomic E-state index is 13.6. The van der Waals surface area contributed by atoms with Gasteiger partial charge in [-0.3, -0.25) is 0 Å². The molecule has 4 heteroatoms. The van der Waals surface area contributed by atoms with Crippen molar-refractivity contribution in [3.05, 3.63) is 29.6 Å². The lowest BCUT2D eigenvalue weighted by molar-refractivity contribution is 0.320. The molecule has 0 aliphatic rings. The number of halogens is 1. The van der Waals surface area contributed by atoms with Gasteiger partial charge in [-0.2, -0.15) is 0 Å². The van der Waals surface area contributed by atoms with Crippen molar-refractivity contribution in [3.8, 4) is 5.75 Å². The highest BCUT2D eigenvalue weighted by Gasteiger charge is 2.05. The van der Waals surface area contributed by atoms with Gasteiger partial charge in [0, 0.05) is 6.54 Å². The molecule has 0 aromatic heterocycles. The second-order valence-corrected chi connectivity index (χ2v) is 4.39. The third-order valence-corrected chi connectivity index (χ3v) is 2.82. The maximum atomic E-state index is 13.6. The van der Waals surface area contributed by atoms with E-state index in [9.17, 15) is 4.39 Å². The number of rotatable bonds is 8. The Bertz CT molecular complexity index is 358. The van der Waals surface area contributed by atoms with E-state index in [1.165, 1.54) is 0 Å². The van der Waals surface area contributed by atoms with Gasteiger partial charge in [-0.1, -0.05) is 6.07 Å². The molecule has 0 saturated carbocycles. The van der Waals surface area contributed by atoms with Crippen LogP contribution in [0.2, 0.25) is 0 Å². The Hall–Kier alpha value is -1.13. The van der Waals surface area contributed by atoms with Crippen LogP contribution in [0.25, 0.3) is 0 Å². The average molecular weight is 254 g/mol. The van der Waals surface area contributed by atoms with Crippen LogP contribution in [-0.2, 0) is 6.42 Å². The monoisotopic (exact) mass is 254 g/mol. The number of hydrogen-bond donors (Lipinski definition) is 1. The van der Waals surface area contributed by atoms with Crippen molar-refractivity contribution in [2.24, 2.45) is 5.73 Å². The van der Waals surface area contributed by atoms with Gasteiger partial charge in [0.25, 0.3) is 0 Å². The van der Waals surface area contributed by atoms with Crippen molar-refractivity contribution in [1.29, 1.82) is 0 Å². The van der Waals surface area contributed by atoms with E-state index >= 15 is 0 Å². The summed E-state index contributed by atoms with van der Waals surface area (Å²) in [7, 11) is 2.06. The zero-order chi connectivity index (χ0) is 13.4. The SMILES string of the molecule is CCOc1ccc(CCN(C)CCCN)cc1F. The molecule has 1 rings (SSSR count). The normalized spacial score (nSPS) is 10.9. The number of benzene rings is 1. The number of nitrogens with zero attached hydrogens (tertiary/aromatic N) is 1. The summed E-state index contributed by atoms with van der Waals surface area (Å²) in [6.07, 6.45) is 1.83. The van der Waals surface area contributed by atoms with E-state index in [0.717, 1.165) is 31.5 Å². The van der Waals surface area contributed by atoms with Crippen molar-refractivity contribution in [2.75, 3.05) is 33.3 Å². The predicted octanol–water partition coefficient (Wildman–Crippen LogP) is 2.05. The Morgan fingerprint density at radius 1 is 1.33 bits per heavy atom. The molecule has 0 spiro atoms. The van der Waals surface area contributed by atoms with Gasteiger partial charge in [0.2, 0.25) is 0 Å². The molecule has 18 heavy (non-hydrogen) atoms. The topological polar surface area (TPSA) is 38.5 Å². The first-order valence-corrected chi connectivity index (χ1v) is 6.47. The molecule has 2 N–H and O–H groups in total. The molecule has 0 radical (unpaired) electrons. The standard InChI is InChI=1S/C14H23FN2O/c1-3-18-14-6-5-12(11-13(14)15)7-10-17(2)9-4-8-16/h5-6,11H,3-4,7-10,16H2,1-2H3. The van der Waals surface area contributed by atoms with E-state index in [-0.39, 0.29) is 5.82 Å². The molecule has 0 amide bonds. The Morgan fingerprint density at radius 2 is 2.11 bits per heavy atom. The molecule has 1 aromatic rings. The van der Waals surface area contributed by atoms with Crippen LogP contribution in [0.1, 0.15) is 18.9 Å². The van der Waals surface area contributed by atoms with Crippen LogP contribution in [0.5, 0.6) is 5.75 Å². The molecule has 0 aliphatic heterocycles. The molecule has 0 fully saturated rings. The van der Waals surface area contributed by atoms with E-state index < -0.39 is 0 Å². The van der Waals surface area contributed by atoms with Crippen LogP contribution in [0.15, 0.2) is 18.2 Å². The highest BCUT2D eigenvalue weighted by Crippen LogP contribution is 2.18. The first kappa shape index (κ1) is 14.9. The van der Waals surface area contributed by atoms with E-state index in [1.54, 1.807) is 12.1 Å². The lowest BCUT2D eigenvalue weighted by Crippen LogP contribution is -2.24. The Labute approximate surface area is 109 Å². The van der Waals surface area contributed by atoms with Gasteiger partial charge in [0.05, 0.1) is 6.61 Å². The number of nitrogens with two attached hydrogens (primary N) is 1. The van der Waals surface area contributed by atoms with Crippen LogP contribution >= 0.6 is 0 Å². The summed E-state index contributed by atoms with van der Waals surface area (Å²) in [6.45, 7) is 4.93. The second-order valence-electron chi connectivity index (χ2n) is 4.39. The minimum Gasteiger partial charge on any atom is -0.491 e. The molecule has 0 aliphatic carbocycles. The largest absolute Gasteiger partial charge is 0.491 e. The molecule has 1 aromatic carbocycles. The Kier molecular flexibility index (Phi) is 6.68. The summed E-state index contributed by atoms with van der Waals surface area (Å²) in [5.41, 5.74) is 6.45. The summed E-state index contributed by atoms with van der Waals surface area (Å²) in [6, 6.07) is 5.18.